The lowest BCUT2D eigenvalue weighted by Crippen LogP contribution is -2.48. The van der Waals surface area contributed by atoms with Crippen LogP contribution in [0.3, 0.4) is 0 Å². The molecule has 10 heteroatoms. The quantitative estimate of drug-likeness (QED) is 0.756. The number of ether oxygens (including phenoxy) is 4. The van der Waals surface area contributed by atoms with E-state index in [1.54, 1.807) is 30.3 Å². The van der Waals surface area contributed by atoms with Crippen molar-refractivity contribution >= 4 is 10.0 Å². The fourth-order valence-corrected chi connectivity index (χ4v) is 5.36. The summed E-state index contributed by atoms with van der Waals surface area (Å²) in [5.74, 6) is 2.34. The van der Waals surface area contributed by atoms with Crippen molar-refractivity contribution in [1.82, 2.24) is 9.21 Å². The van der Waals surface area contributed by atoms with E-state index in [9.17, 15) is 13.5 Å². The van der Waals surface area contributed by atoms with Crippen LogP contribution < -0.4 is 18.9 Å². The highest BCUT2D eigenvalue weighted by Gasteiger charge is 2.30. The van der Waals surface area contributed by atoms with Crippen LogP contribution in [-0.4, -0.2) is 68.9 Å². The van der Waals surface area contributed by atoms with Crippen LogP contribution in [0.4, 0.5) is 0 Å². The first-order chi connectivity index (χ1) is 15.0. The molecule has 0 spiro atoms. The van der Waals surface area contributed by atoms with Crippen LogP contribution in [0.2, 0.25) is 0 Å². The molecule has 0 radical (unpaired) electrons. The maximum atomic E-state index is 13.1. The van der Waals surface area contributed by atoms with Gasteiger partial charge < -0.3 is 24.1 Å². The number of benzene rings is 2. The van der Waals surface area contributed by atoms with Gasteiger partial charge in [0, 0.05) is 56.8 Å². The summed E-state index contributed by atoms with van der Waals surface area (Å²) in [6.07, 6.45) is 0.762. The zero-order valence-electron chi connectivity index (χ0n) is 17.0. The van der Waals surface area contributed by atoms with Gasteiger partial charge in [-0.25, -0.2) is 8.42 Å². The molecule has 3 aliphatic heterocycles. The van der Waals surface area contributed by atoms with Crippen LogP contribution in [0.1, 0.15) is 12.0 Å². The second-order valence-corrected chi connectivity index (χ2v) is 9.61. The SMILES string of the molecule is O=S(=O)(c1ccc2c(c1)OCCCO2)N1CCN(Cc2cc3c(cc2O)OCO3)CC1. The Balaban J connectivity index is 1.25. The van der Waals surface area contributed by atoms with E-state index in [1.165, 1.54) is 4.31 Å². The number of hydrogen-bond donors (Lipinski definition) is 1. The minimum Gasteiger partial charge on any atom is -0.507 e. The normalized spacial score (nSPS) is 19.2. The topological polar surface area (TPSA) is 97.8 Å². The Bertz CT molecular complexity index is 1080. The van der Waals surface area contributed by atoms with E-state index in [2.05, 4.69) is 4.90 Å². The molecule has 0 bridgehead atoms. The zero-order valence-corrected chi connectivity index (χ0v) is 17.8. The molecule has 3 aliphatic rings. The summed E-state index contributed by atoms with van der Waals surface area (Å²) < 4.78 is 49.7. The summed E-state index contributed by atoms with van der Waals surface area (Å²) >= 11 is 0. The monoisotopic (exact) mass is 448 g/mol. The first-order valence-corrected chi connectivity index (χ1v) is 11.7. The summed E-state index contributed by atoms with van der Waals surface area (Å²) in [5.41, 5.74) is 0.725. The van der Waals surface area contributed by atoms with E-state index in [1.807, 2.05) is 0 Å². The van der Waals surface area contributed by atoms with Crippen LogP contribution >= 0.6 is 0 Å². The average molecular weight is 448 g/mol. The Hall–Kier alpha value is -2.69. The predicted molar refractivity (Wildman–Crippen MR) is 110 cm³/mol. The van der Waals surface area contributed by atoms with Crippen LogP contribution in [0.15, 0.2) is 35.2 Å². The minimum absolute atomic E-state index is 0.145. The summed E-state index contributed by atoms with van der Waals surface area (Å²) in [6.45, 7) is 3.54. The Morgan fingerprint density at radius 2 is 1.52 bits per heavy atom. The van der Waals surface area contributed by atoms with Crippen molar-refractivity contribution in [3.05, 3.63) is 35.9 Å². The van der Waals surface area contributed by atoms with E-state index in [0.29, 0.717) is 68.9 Å². The van der Waals surface area contributed by atoms with E-state index >= 15 is 0 Å². The third-order valence-corrected chi connectivity index (χ3v) is 7.55. The molecule has 5 rings (SSSR count). The summed E-state index contributed by atoms with van der Waals surface area (Å²) in [4.78, 5) is 2.32. The Morgan fingerprint density at radius 3 is 2.29 bits per heavy atom. The van der Waals surface area contributed by atoms with Crippen molar-refractivity contribution < 1.29 is 32.5 Å². The lowest BCUT2D eigenvalue weighted by Gasteiger charge is -2.34. The van der Waals surface area contributed by atoms with Crippen molar-refractivity contribution in [2.45, 2.75) is 17.9 Å². The van der Waals surface area contributed by atoms with Crippen molar-refractivity contribution in [2.24, 2.45) is 0 Å². The van der Waals surface area contributed by atoms with Gasteiger partial charge in [-0.05, 0) is 18.2 Å². The molecule has 166 valence electrons. The molecule has 0 aromatic heterocycles. The molecule has 3 heterocycles. The standard InChI is InChI=1S/C21H24N2O7S/c24-17-12-21-19(29-14-30-21)10-15(17)13-22-4-6-23(7-5-22)31(25,26)16-2-3-18-20(11-16)28-9-1-8-27-18/h2-3,10-12,24H,1,4-9,13-14H2. The molecule has 2 aromatic carbocycles. The first-order valence-electron chi connectivity index (χ1n) is 10.2. The maximum Gasteiger partial charge on any atom is 0.243 e. The smallest absolute Gasteiger partial charge is 0.243 e. The zero-order chi connectivity index (χ0) is 21.4. The van der Waals surface area contributed by atoms with Crippen LogP contribution in [0.25, 0.3) is 0 Å². The van der Waals surface area contributed by atoms with E-state index in [0.717, 1.165) is 12.0 Å². The number of sulfonamides is 1. The van der Waals surface area contributed by atoms with Gasteiger partial charge in [-0.2, -0.15) is 4.31 Å². The van der Waals surface area contributed by atoms with Gasteiger partial charge in [0.1, 0.15) is 5.75 Å². The molecule has 0 atom stereocenters. The fourth-order valence-electron chi connectivity index (χ4n) is 3.92. The molecular formula is C21H24N2O7S. The molecule has 0 saturated carbocycles. The third-order valence-electron chi connectivity index (χ3n) is 5.66. The number of piperazine rings is 1. The number of nitrogens with zero attached hydrogens (tertiary/aromatic N) is 2. The van der Waals surface area contributed by atoms with Crippen molar-refractivity contribution in [3.8, 4) is 28.7 Å². The fraction of sp³-hybridized carbons (Fsp3) is 0.429. The lowest BCUT2D eigenvalue weighted by molar-refractivity contribution is 0.173. The van der Waals surface area contributed by atoms with Crippen molar-refractivity contribution in [3.63, 3.8) is 0 Å². The van der Waals surface area contributed by atoms with Gasteiger partial charge in [-0.15, -0.1) is 0 Å². The maximum absolute atomic E-state index is 13.1. The number of aromatic hydroxyl groups is 1. The lowest BCUT2D eigenvalue weighted by atomic mass is 10.1. The van der Waals surface area contributed by atoms with Gasteiger partial charge in [0.15, 0.2) is 23.0 Å². The molecule has 31 heavy (non-hydrogen) atoms. The summed E-state index contributed by atoms with van der Waals surface area (Å²) in [5, 5.41) is 10.3. The van der Waals surface area contributed by atoms with E-state index < -0.39 is 10.0 Å². The summed E-state index contributed by atoms with van der Waals surface area (Å²) in [7, 11) is -3.63. The largest absolute Gasteiger partial charge is 0.507 e. The minimum atomic E-state index is -3.63. The number of rotatable bonds is 4. The average Bonchev–Trinajstić information content (AvgIpc) is 3.08. The third kappa shape index (κ3) is 3.98. The van der Waals surface area contributed by atoms with Gasteiger partial charge in [-0.3, -0.25) is 4.90 Å². The molecule has 1 saturated heterocycles. The highest BCUT2D eigenvalue weighted by atomic mass is 32.2. The first kappa shape index (κ1) is 20.2. The molecule has 9 nitrogen and oxygen atoms in total. The highest BCUT2D eigenvalue weighted by molar-refractivity contribution is 7.89. The summed E-state index contributed by atoms with van der Waals surface area (Å²) in [6, 6.07) is 8.11. The van der Waals surface area contributed by atoms with Gasteiger partial charge >= 0.3 is 0 Å². The van der Waals surface area contributed by atoms with E-state index in [4.69, 9.17) is 18.9 Å². The van der Waals surface area contributed by atoms with Gasteiger partial charge in [0.2, 0.25) is 16.8 Å². The second-order valence-electron chi connectivity index (χ2n) is 7.67. The molecule has 0 amide bonds. The molecule has 1 fully saturated rings. The molecular weight excluding hydrogens is 424 g/mol. The van der Waals surface area contributed by atoms with Crippen LogP contribution in [-0.2, 0) is 16.6 Å². The van der Waals surface area contributed by atoms with Gasteiger partial charge in [0.25, 0.3) is 0 Å². The molecule has 2 aromatic rings. The number of fused-ring (bicyclic) bond motifs is 2. The number of phenols is 1. The Kier molecular flexibility index (Phi) is 5.28. The van der Waals surface area contributed by atoms with Crippen molar-refractivity contribution in [2.75, 3.05) is 46.2 Å². The molecule has 1 N–H and O–H groups in total. The molecule has 0 unspecified atom stereocenters. The van der Waals surface area contributed by atoms with Gasteiger partial charge in [0.05, 0.1) is 18.1 Å². The van der Waals surface area contributed by atoms with Crippen LogP contribution in [0, 0.1) is 0 Å². The number of hydrogen-bond acceptors (Lipinski definition) is 8. The second kappa shape index (κ2) is 8.10. The Morgan fingerprint density at radius 1 is 0.839 bits per heavy atom. The predicted octanol–water partition coefficient (Wildman–Crippen LogP) is 1.79. The van der Waals surface area contributed by atoms with Gasteiger partial charge in [-0.1, -0.05) is 0 Å². The van der Waals surface area contributed by atoms with Crippen molar-refractivity contribution in [1.29, 1.82) is 0 Å². The molecule has 0 aliphatic carbocycles. The van der Waals surface area contributed by atoms with E-state index in [-0.39, 0.29) is 17.4 Å². The number of phenolic OH excluding ortho intramolecular Hbond substituents is 1. The van der Waals surface area contributed by atoms with Crippen LogP contribution in [0.5, 0.6) is 28.7 Å². The highest BCUT2D eigenvalue weighted by Crippen LogP contribution is 2.38. The Labute approximate surface area is 180 Å².